The average molecular weight is 292 g/mol. The summed E-state index contributed by atoms with van der Waals surface area (Å²) < 4.78 is 7.62. The fourth-order valence-corrected chi connectivity index (χ4v) is 2.43. The minimum Gasteiger partial charge on any atom is -0.367 e. The van der Waals surface area contributed by atoms with Gasteiger partial charge in [0, 0.05) is 19.6 Å². The lowest BCUT2D eigenvalue weighted by Gasteiger charge is -2.30. The minimum absolute atomic E-state index is 0.0980. The Hall–Kier alpha value is -1.87. The Balaban J connectivity index is 1.64. The Morgan fingerprint density at radius 3 is 3.10 bits per heavy atom. The molecule has 1 N–H and O–H groups in total. The van der Waals surface area contributed by atoms with Crippen molar-refractivity contribution in [2.75, 3.05) is 19.7 Å². The van der Waals surface area contributed by atoms with Crippen LogP contribution < -0.4 is 0 Å². The van der Waals surface area contributed by atoms with Crippen molar-refractivity contribution in [1.82, 2.24) is 40.3 Å². The number of nitrogens with one attached hydrogen (secondary N) is 1. The molecule has 21 heavy (non-hydrogen) atoms. The Morgan fingerprint density at radius 2 is 2.33 bits per heavy atom. The third-order valence-corrected chi connectivity index (χ3v) is 3.46. The zero-order chi connectivity index (χ0) is 14.7. The number of aromatic amines is 1. The van der Waals surface area contributed by atoms with Crippen LogP contribution in [0.5, 0.6) is 0 Å². The number of aromatic nitrogens is 7. The van der Waals surface area contributed by atoms with Crippen molar-refractivity contribution < 1.29 is 4.74 Å². The van der Waals surface area contributed by atoms with E-state index in [0.717, 1.165) is 44.2 Å². The Bertz CT molecular complexity index is 579. The van der Waals surface area contributed by atoms with E-state index in [4.69, 9.17) is 4.74 Å². The number of H-pyrrole nitrogens is 1. The Kier molecular flexibility index (Phi) is 4.20. The topological polar surface area (TPSA) is 97.6 Å². The normalized spacial score (nSPS) is 20.0. The highest BCUT2D eigenvalue weighted by Crippen LogP contribution is 2.20. The first-order valence-corrected chi connectivity index (χ1v) is 7.24. The quantitative estimate of drug-likeness (QED) is 0.833. The van der Waals surface area contributed by atoms with Crippen molar-refractivity contribution in [2.45, 2.75) is 39.5 Å². The first-order valence-electron chi connectivity index (χ1n) is 7.24. The molecule has 9 heteroatoms. The van der Waals surface area contributed by atoms with Crippen LogP contribution in [0, 0.1) is 6.92 Å². The number of hydrogen-bond acceptors (Lipinski definition) is 7. The van der Waals surface area contributed by atoms with E-state index in [9.17, 15) is 0 Å². The van der Waals surface area contributed by atoms with E-state index in [1.54, 1.807) is 0 Å². The highest BCUT2D eigenvalue weighted by molar-refractivity contribution is 4.96. The van der Waals surface area contributed by atoms with Crippen LogP contribution in [0.25, 0.3) is 0 Å². The van der Waals surface area contributed by atoms with Crippen LogP contribution in [0.4, 0.5) is 0 Å². The number of rotatable bonds is 5. The predicted molar refractivity (Wildman–Crippen MR) is 73.2 cm³/mol. The zero-order valence-electron chi connectivity index (χ0n) is 12.4. The molecule has 1 saturated heterocycles. The molecule has 0 unspecified atom stereocenters. The molecule has 114 valence electrons. The standard InChI is InChI=1S/C12H20N8O/c1-3-4-20-11(15-17-18-20)8-19-5-6-21-10(7-19)12-13-9(2)14-16-12/h10H,3-8H2,1-2H3,(H,13,14,16)/t10-/m1/s1. The summed E-state index contributed by atoms with van der Waals surface area (Å²) in [5, 5.41) is 18.9. The third kappa shape index (κ3) is 3.24. The van der Waals surface area contributed by atoms with Gasteiger partial charge in [-0.2, -0.15) is 5.10 Å². The second-order valence-corrected chi connectivity index (χ2v) is 5.19. The molecular weight excluding hydrogens is 272 g/mol. The molecule has 0 bridgehead atoms. The van der Waals surface area contributed by atoms with Crippen molar-refractivity contribution in [3.8, 4) is 0 Å². The third-order valence-electron chi connectivity index (χ3n) is 3.46. The fourth-order valence-electron chi connectivity index (χ4n) is 2.43. The molecule has 0 amide bonds. The van der Waals surface area contributed by atoms with Gasteiger partial charge in [0.25, 0.3) is 0 Å². The highest BCUT2D eigenvalue weighted by atomic mass is 16.5. The molecule has 3 rings (SSSR count). The fraction of sp³-hybridized carbons (Fsp3) is 0.750. The monoisotopic (exact) mass is 292 g/mol. The maximum atomic E-state index is 5.76. The van der Waals surface area contributed by atoms with Gasteiger partial charge in [0.05, 0.1) is 13.2 Å². The molecule has 0 saturated carbocycles. The Morgan fingerprint density at radius 1 is 1.43 bits per heavy atom. The van der Waals surface area contributed by atoms with Crippen LogP contribution in [-0.4, -0.2) is 60.0 Å². The van der Waals surface area contributed by atoms with Gasteiger partial charge in [0.2, 0.25) is 0 Å². The number of hydrogen-bond donors (Lipinski definition) is 1. The van der Waals surface area contributed by atoms with Crippen LogP contribution in [0.15, 0.2) is 0 Å². The van der Waals surface area contributed by atoms with E-state index in [0.29, 0.717) is 12.4 Å². The summed E-state index contributed by atoms with van der Waals surface area (Å²) in [6, 6.07) is 0. The van der Waals surface area contributed by atoms with Gasteiger partial charge in [0.1, 0.15) is 11.9 Å². The lowest BCUT2D eigenvalue weighted by atomic mass is 10.2. The molecule has 0 aliphatic carbocycles. The molecule has 0 aromatic carbocycles. The van der Waals surface area contributed by atoms with Gasteiger partial charge in [0.15, 0.2) is 11.6 Å². The molecular formula is C12H20N8O. The minimum atomic E-state index is -0.0980. The maximum absolute atomic E-state index is 5.76. The summed E-state index contributed by atoms with van der Waals surface area (Å²) in [5.74, 6) is 2.41. The van der Waals surface area contributed by atoms with Crippen LogP contribution in [0.2, 0.25) is 0 Å². The van der Waals surface area contributed by atoms with Crippen LogP contribution in [0.3, 0.4) is 0 Å². The van der Waals surface area contributed by atoms with Crippen LogP contribution >= 0.6 is 0 Å². The Labute approximate surface area is 122 Å². The molecule has 1 atom stereocenters. The summed E-state index contributed by atoms with van der Waals surface area (Å²) in [5.41, 5.74) is 0. The van der Waals surface area contributed by atoms with Gasteiger partial charge >= 0.3 is 0 Å². The molecule has 9 nitrogen and oxygen atoms in total. The number of nitrogens with zero attached hydrogens (tertiary/aromatic N) is 7. The molecule has 2 aromatic rings. The van der Waals surface area contributed by atoms with Gasteiger partial charge in [-0.25, -0.2) is 9.67 Å². The van der Waals surface area contributed by atoms with E-state index in [-0.39, 0.29) is 6.10 Å². The van der Waals surface area contributed by atoms with Crippen LogP contribution in [0.1, 0.15) is 36.9 Å². The van der Waals surface area contributed by atoms with Gasteiger partial charge in [-0.05, 0) is 23.8 Å². The molecule has 0 spiro atoms. The first-order chi connectivity index (χ1) is 10.3. The second-order valence-electron chi connectivity index (χ2n) is 5.19. The van der Waals surface area contributed by atoms with E-state index in [1.165, 1.54) is 0 Å². The summed E-state index contributed by atoms with van der Waals surface area (Å²) >= 11 is 0. The van der Waals surface area contributed by atoms with Crippen molar-refractivity contribution in [3.05, 3.63) is 17.5 Å². The smallest absolute Gasteiger partial charge is 0.180 e. The summed E-state index contributed by atoms with van der Waals surface area (Å²) in [6.45, 7) is 7.83. The SMILES string of the molecule is CCCn1nnnc1CN1CCO[C@@H](c2n[nH]c(C)n2)C1. The van der Waals surface area contributed by atoms with E-state index >= 15 is 0 Å². The van der Waals surface area contributed by atoms with Gasteiger partial charge in [-0.1, -0.05) is 6.92 Å². The van der Waals surface area contributed by atoms with Crippen LogP contribution in [-0.2, 0) is 17.8 Å². The molecule has 1 aliphatic rings. The van der Waals surface area contributed by atoms with Gasteiger partial charge < -0.3 is 4.74 Å². The molecule has 2 aromatic heterocycles. The summed E-state index contributed by atoms with van der Waals surface area (Å²) in [6.07, 6.45) is 0.916. The van der Waals surface area contributed by atoms with Crippen molar-refractivity contribution in [3.63, 3.8) is 0 Å². The largest absolute Gasteiger partial charge is 0.367 e. The van der Waals surface area contributed by atoms with Gasteiger partial charge in [-0.3, -0.25) is 10.00 Å². The number of tetrazole rings is 1. The average Bonchev–Trinajstić information content (AvgIpc) is 3.10. The number of ether oxygens (including phenoxy) is 1. The van der Waals surface area contributed by atoms with E-state index in [2.05, 4.69) is 42.5 Å². The zero-order valence-corrected chi connectivity index (χ0v) is 12.4. The predicted octanol–water partition coefficient (Wildman–Crippen LogP) is 0.0831. The van der Waals surface area contributed by atoms with Crippen molar-refractivity contribution in [2.24, 2.45) is 0 Å². The number of aryl methyl sites for hydroxylation is 2. The second kappa shape index (κ2) is 6.27. The van der Waals surface area contributed by atoms with Crippen molar-refractivity contribution >= 4 is 0 Å². The summed E-state index contributed by atoms with van der Waals surface area (Å²) in [4.78, 5) is 6.62. The van der Waals surface area contributed by atoms with Gasteiger partial charge in [-0.15, -0.1) is 5.10 Å². The maximum Gasteiger partial charge on any atom is 0.180 e. The first kappa shape index (κ1) is 14.1. The van der Waals surface area contributed by atoms with E-state index < -0.39 is 0 Å². The lowest BCUT2D eigenvalue weighted by Crippen LogP contribution is -2.38. The summed E-state index contributed by atoms with van der Waals surface area (Å²) in [7, 11) is 0. The molecule has 3 heterocycles. The molecule has 1 fully saturated rings. The van der Waals surface area contributed by atoms with Crippen molar-refractivity contribution in [1.29, 1.82) is 0 Å². The molecule has 1 aliphatic heterocycles. The lowest BCUT2D eigenvalue weighted by molar-refractivity contribution is -0.0381. The highest BCUT2D eigenvalue weighted by Gasteiger charge is 2.26. The van der Waals surface area contributed by atoms with E-state index in [1.807, 2.05) is 11.6 Å². The molecule has 0 radical (unpaired) electrons. The number of morpholine rings is 1.